The van der Waals surface area contributed by atoms with Crippen molar-refractivity contribution in [2.45, 2.75) is 13.0 Å². The summed E-state index contributed by atoms with van der Waals surface area (Å²) in [6, 6.07) is 16.9. The highest BCUT2D eigenvalue weighted by atomic mass is 15.1. The van der Waals surface area contributed by atoms with Crippen LogP contribution in [-0.2, 0) is 0 Å². The van der Waals surface area contributed by atoms with Crippen LogP contribution in [0.3, 0.4) is 0 Å². The van der Waals surface area contributed by atoms with Crippen molar-refractivity contribution in [3.05, 3.63) is 54.1 Å². The van der Waals surface area contributed by atoms with Gasteiger partial charge in [-0.25, -0.2) is 4.98 Å². The Morgan fingerprint density at radius 2 is 1.75 bits per heavy atom. The van der Waals surface area contributed by atoms with E-state index < -0.39 is 0 Å². The molecule has 102 valence electrons. The smallest absolute Gasteiger partial charge is 0.138 e. The van der Waals surface area contributed by atoms with Crippen LogP contribution in [0.15, 0.2) is 48.5 Å². The molecular formula is C17H19N3. The molecule has 1 unspecified atom stereocenters. The average Bonchev–Trinajstić information content (AvgIpc) is 2.91. The van der Waals surface area contributed by atoms with E-state index in [0.29, 0.717) is 6.04 Å². The molecule has 3 aromatic rings. The molecule has 20 heavy (non-hydrogen) atoms. The third kappa shape index (κ3) is 2.21. The van der Waals surface area contributed by atoms with Gasteiger partial charge in [-0.3, -0.25) is 0 Å². The lowest BCUT2D eigenvalue weighted by atomic mass is 10.1. The van der Waals surface area contributed by atoms with Gasteiger partial charge < -0.3 is 9.88 Å². The second kappa shape index (κ2) is 5.10. The molecule has 0 aliphatic carbocycles. The van der Waals surface area contributed by atoms with E-state index >= 15 is 0 Å². The number of aromatic nitrogens is 2. The summed E-state index contributed by atoms with van der Waals surface area (Å²) in [7, 11) is 4.18. The monoisotopic (exact) mass is 265 g/mol. The Hall–Kier alpha value is -2.13. The first-order valence-corrected chi connectivity index (χ1v) is 6.87. The highest BCUT2D eigenvalue weighted by Gasteiger charge is 2.14. The zero-order chi connectivity index (χ0) is 14.1. The van der Waals surface area contributed by atoms with Crippen LogP contribution in [0.25, 0.3) is 22.4 Å². The van der Waals surface area contributed by atoms with Crippen LogP contribution in [0.5, 0.6) is 0 Å². The van der Waals surface area contributed by atoms with Gasteiger partial charge in [-0.1, -0.05) is 42.5 Å². The molecule has 0 bridgehead atoms. The SMILES string of the molecule is CC(c1cccc2[nH]c(-c3ccccc3)nc12)N(C)C. The van der Waals surface area contributed by atoms with Crippen LogP contribution in [-0.4, -0.2) is 29.0 Å². The maximum absolute atomic E-state index is 4.80. The number of aromatic amines is 1. The van der Waals surface area contributed by atoms with Crippen LogP contribution in [0, 0.1) is 0 Å². The molecule has 3 heteroatoms. The standard InChI is InChI=1S/C17H19N3/c1-12(20(2)3)14-10-7-11-15-16(14)19-17(18-15)13-8-5-4-6-9-13/h4-12H,1-3H3,(H,18,19). The number of hydrogen-bond donors (Lipinski definition) is 1. The molecule has 0 aliphatic rings. The van der Waals surface area contributed by atoms with Crippen molar-refractivity contribution in [1.82, 2.24) is 14.9 Å². The summed E-state index contributed by atoms with van der Waals surface area (Å²) in [5.41, 5.74) is 4.53. The van der Waals surface area contributed by atoms with Gasteiger partial charge in [0.05, 0.1) is 11.0 Å². The number of fused-ring (bicyclic) bond motifs is 1. The summed E-state index contributed by atoms with van der Waals surface area (Å²) < 4.78 is 0. The average molecular weight is 265 g/mol. The van der Waals surface area contributed by atoms with Gasteiger partial charge >= 0.3 is 0 Å². The lowest BCUT2D eigenvalue weighted by molar-refractivity contribution is 0.322. The van der Waals surface area contributed by atoms with Gasteiger partial charge in [0.25, 0.3) is 0 Å². The van der Waals surface area contributed by atoms with Gasteiger partial charge in [0.1, 0.15) is 5.82 Å². The lowest BCUT2D eigenvalue weighted by Gasteiger charge is -2.20. The fraction of sp³-hybridized carbons (Fsp3) is 0.235. The Labute approximate surface area is 119 Å². The van der Waals surface area contributed by atoms with Gasteiger partial charge in [-0.15, -0.1) is 0 Å². The molecule has 1 aromatic heterocycles. The molecule has 1 heterocycles. The maximum atomic E-state index is 4.80. The third-order valence-electron chi connectivity index (χ3n) is 3.82. The summed E-state index contributed by atoms with van der Waals surface area (Å²) in [6.07, 6.45) is 0. The molecule has 3 nitrogen and oxygen atoms in total. The van der Waals surface area contributed by atoms with E-state index in [4.69, 9.17) is 4.98 Å². The summed E-state index contributed by atoms with van der Waals surface area (Å²) >= 11 is 0. The molecule has 1 atom stereocenters. The number of nitrogens with zero attached hydrogens (tertiary/aromatic N) is 2. The van der Waals surface area contributed by atoms with E-state index in [9.17, 15) is 0 Å². The molecule has 0 saturated carbocycles. The van der Waals surface area contributed by atoms with Crippen LogP contribution >= 0.6 is 0 Å². The second-order valence-corrected chi connectivity index (χ2v) is 5.33. The number of benzene rings is 2. The highest BCUT2D eigenvalue weighted by molar-refractivity contribution is 5.82. The van der Waals surface area contributed by atoms with Crippen LogP contribution < -0.4 is 0 Å². The number of nitrogens with one attached hydrogen (secondary N) is 1. The first kappa shape index (κ1) is 12.9. The van der Waals surface area contributed by atoms with Crippen molar-refractivity contribution in [2.75, 3.05) is 14.1 Å². The topological polar surface area (TPSA) is 31.9 Å². The molecule has 0 aliphatic heterocycles. The summed E-state index contributed by atoms with van der Waals surface area (Å²) in [5.74, 6) is 0.930. The predicted molar refractivity (Wildman–Crippen MR) is 83.6 cm³/mol. The van der Waals surface area contributed by atoms with Crippen molar-refractivity contribution in [3.8, 4) is 11.4 Å². The van der Waals surface area contributed by atoms with E-state index in [1.807, 2.05) is 18.2 Å². The zero-order valence-corrected chi connectivity index (χ0v) is 12.1. The van der Waals surface area contributed by atoms with Crippen LogP contribution in [0.2, 0.25) is 0 Å². The van der Waals surface area contributed by atoms with E-state index in [-0.39, 0.29) is 0 Å². The summed E-state index contributed by atoms with van der Waals surface area (Å²) in [5, 5.41) is 0. The molecule has 2 aromatic carbocycles. The third-order valence-corrected chi connectivity index (χ3v) is 3.82. The number of imidazole rings is 1. The fourth-order valence-corrected chi connectivity index (χ4v) is 2.40. The molecule has 0 radical (unpaired) electrons. The normalized spacial score (nSPS) is 13.0. The Bertz CT molecular complexity index is 713. The van der Waals surface area contributed by atoms with Crippen molar-refractivity contribution in [2.24, 2.45) is 0 Å². The summed E-state index contributed by atoms with van der Waals surface area (Å²) in [6.45, 7) is 2.20. The van der Waals surface area contributed by atoms with E-state index in [1.54, 1.807) is 0 Å². The quantitative estimate of drug-likeness (QED) is 0.780. The van der Waals surface area contributed by atoms with Crippen LogP contribution in [0.1, 0.15) is 18.5 Å². The first-order valence-electron chi connectivity index (χ1n) is 6.87. The van der Waals surface area contributed by atoms with Crippen molar-refractivity contribution in [3.63, 3.8) is 0 Å². The van der Waals surface area contributed by atoms with Gasteiger partial charge in [-0.2, -0.15) is 0 Å². The number of hydrogen-bond acceptors (Lipinski definition) is 2. The largest absolute Gasteiger partial charge is 0.338 e. The summed E-state index contributed by atoms with van der Waals surface area (Å²) in [4.78, 5) is 10.4. The predicted octanol–water partition coefficient (Wildman–Crippen LogP) is 3.85. The van der Waals surface area contributed by atoms with Gasteiger partial charge in [0.2, 0.25) is 0 Å². The van der Waals surface area contributed by atoms with E-state index in [0.717, 1.165) is 22.4 Å². The van der Waals surface area contributed by atoms with Gasteiger partial charge in [0, 0.05) is 11.6 Å². The number of H-pyrrole nitrogens is 1. The number of rotatable bonds is 3. The molecule has 0 spiro atoms. The maximum Gasteiger partial charge on any atom is 0.138 e. The minimum atomic E-state index is 0.339. The van der Waals surface area contributed by atoms with Gasteiger partial charge in [-0.05, 0) is 32.6 Å². The molecule has 3 rings (SSSR count). The van der Waals surface area contributed by atoms with Crippen molar-refractivity contribution >= 4 is 11.0 Å². The Morgan fingerprint density at radius 1 is 1.00 bits per heavy atom. The minimum absolute atomic E-state index is 0.339. The van der Waals surface area contributed by atoms with E-state index in [1.165, 1.54) is 5.56 Å². The van der Waals surface area contributed by atoms with Crippen LogP contribution in [0.4, 0.5) is 0 Å². The molecule has 0 amide bonds. The second-order valence-electron chi connectivity index (χ2n) is 5.33. The van der Waals surface area contributed by atoms with E-state index in [2.05, 4.69) is 61.2 Å². The Balaban J connectivity index is 2.14. The Morgan fingerprint density at radius 3 is 2.45 bits per heavy atom. The molecule has 1 N–H and O–H groups in total. The van der Waals surface area contributed by atoms with Crippen molar-refractivity contribution < 1.29 is 0 Å². The van der Waals surface area contributed by atoms with Gasteiger partial charge in [0.15, 0.2) is 0 Å². The highest BCUT2D eigenvalue weighted by Crippen LogP contribution is 2.27. The fourth-order valence-electron chi connectivity index (χ4n) is 2.40. The first-order chi connectivity index (χ1) is 9.66. The molecule has 0 fully saturated rings. The van der Waals surface area contributed by atoms with Crippen molar-refractivity contribution in [1.29, 1.82) is 0 Å². The lowest BCUT2D eigenvalue weighted by Crippen LogP contribution is -2.16. The Kier molecular flexibility index (Phi) is 3.28. The zero-order valence-electron chi connectivity index (χ0n) is 12.1. The minimum Gasteiger partial charge on any atom is -0.338 e. The molecular weight excluding hydrogens is 246 g/mol. The number of para-hydroxylation sites is 1. The molecule has 0 saturated heterocycles.